The van der Waals surface area contributed by atoms with Gasteiger partial charge in [0.15, 0.2) is 0 Å². The van der Waals surface area contributed by atoms with E-state index in [0.29, 0.717) is 5.56 Å². The molecule has 0 amide bonds. The van der Waals surface area contributed by atoms with Crippen molar-refractivity contribution in [2.24, 2.45) is 7.05 Å². The molecule has 4 heteroatoms. The molecule has 0 spiro atoms. The van der Waals surface area contributed by atoms with Gasteiger partial charge in [-0.25, -0.2) is 4.98 Å². The summed E-state index contributed by atoms with van der Waals surface area (Å²) >= 11 is 0. The van der Waals surface area contributed by atoms with Crippen molar-refractivity contribution in [2.75, 3.05) is 13.6 Å². The molecule has 0 aliphatic heterocycles. The summed E-state index contributed by atoms with van der Waals surface area (Å²) in [6.45, 7) is 0.905. The lowest BCUT2D eigenvalue weighted by Crippen LogP contribution is -2.12. The Hall–Kier alpha value is -1.86. The second-order valence-electron chi connectivity index (χ2n) is 3.76. The Balaban J connectivity index is 2.47. The third-order valence-corrected chi connectivity index (χ3v) is 2.70. The van der Waals surface area contributed by atoms with Crippen molar-refractivity contribution in [1.29, 1.82) is 5.26 Å². The van der Waals surface area contributed by atoms with Crippen molar-refractivity contribution in [1.82, 2.24) is 14.9 Å². The predicted octanol–water partition coefficient (Wildman–Crippen LogP) is 1.21. The van der Waals surface area contributed by atoms with E-state index in [1.54, 1.807) is 6.07 Å². The number of imidazole rings is 1. The summed E-state index contributed by atoms with van der Waals surface area (Å²) in [5.41, 5.74) is 2.65. The standard InChI is InChI=1S/C12H14N4/c1-14-6-5-12-15-10-4-3-9(8-13)7-11(10)16(12)2/h3-4,7,14H,5-6H2,1-2H3. The number of rotatable bonds is 3. The van der Waals surface area contributed by atoms with Crippen molar-refractivity contribution < 1.29 is 0 Å². The first-order valence-electron chi connectivity index (χ1n) is 5.26. The number of benzene rings is 1. The van der Waals surface area contributed by atoms with Crippen LogP contribution >= 0.6 is 0 Å². The zero-order valence-electron chi connectivity index (χ0n) is 9.49. The molecule has 0 saturated carbocycles. The second-order valence-corrected chi connectivity index (χ2v) is 3.76. The SMILES string of the molecule is CNCCc1nc2ccc(C#N)cc2n1C. The quantitative estimate of drug-likeness (QED) is 0.835. The lowest BCUT2D eigenvalue weighted by Gasteiger charge is -2.01. The van der Waals surface area contributed by atoms with Gasteiger partial charge in [-0.05, 0) is 25.2 Å². The largest absolute Gasteiger partial charge is 0.331 e. The summed E-state index contributed by atoms with van der Waals surface area (Å²) in [5.74, 6) is 1.04. The van der Waals surface area contributed by atoms with E-state index < -0.39 is 0 Å². The number of aromatic nitrogens is 2. The average Bonchev–Trinajstić information content (AvgIpc) is 2.63. The maximum absolute atomic E-state index is 8.85. The van der Waals surface area contributed by atoms with Crippen molar-refractivity contribution in [3.8, 4) is 6.07 Å². The molecular weight excluding hydrogens is 200 g/mol. The third kappa shape index (κ3) is 1.77. The van der Waals surface area contributed by atoms with Crippen LogP contribution in [0.5, 0.6) is 0 Å². The topological polar surface area (TPSA) is 53.6 Å². The number of nitrogens with one attached hydrogen (secondary N) is 1. The molecule has 4 nitrogen and oxygen atoms in total. The minimum absolute atomic E-state index is 0.677. The Morgan fingerprint density at radius 3 is 3.00 bits per heavy atom. The number of hydrogen-bond donors (Lipinski definition) is 1. The van der Waals surface area contributed by atoms with E-state index in [2.05, 4.69) is 16.4 Å². The van der Waals surface area contributed by atoms with Gasteiger partial charge in [-0.2, -0.15) is 5.26 Å². The van der Waals surface area contributed by atoms with Crippen LogP contribution in [0.2, 0.25) is 0 Å². The predicted molar refractivity (Wildman–Crippen MR) is 63.1 cm³/mol. The van der Waals surface area contributed by atoms with Gasteiger partial charge in [0, 0.05) is 20.0 Å². The summed E-state index contributed by atoms with van der Waals surface area (Å²) in [7, 11) is 3.91. The summed E-state index contributed by atoms with van der Waals surface area (Å²) in [4.78, 5) is 4.54. The zero-order valence-corrected chi connectivity index (χ0v) is 9.49. The van der Waals surface area contributed by atoms with Crippen LogP contribution in [0.1, 0.15) is 11.4 Å². The molecular formula is C12H14N4. The molecule has 0 aliphatic rings. The molecule has 0 bridgehead atoms. The summed E-state index contributed by atoms with van der Waals surface area (Å²) in [6.07, 6.45) is 0.892. The molecule has 0 saturated heterocycles. The van der Waals surface area contributed by atoms with Gasteiger partial charge in [-0.15, -0.1) is 0 Å². The van der Waals surface area contributed by atoms with E-state index in [4.69, 9.17) is 5.26 Å². The normalized spacial score (nSPS) is 10.6. The Kier molecular flexibility index (Phi) is 2.88. The molecule has 2 aromatic rings. The highest BCUT2D eigenvalue weighted by Gasteiger charge is 2.07. The van der Waals surface area contributed by atoms with Crippen molar-refractivity contribution in [3.63, 3.8) is 0 Å². The number of nitriles is 1. The van der Waals surface area contributed by atoms with Gasteiger partial charge in [0.2, 0.25) is 0 Å². The second kappa shape index (κ2) is 4.33. The van der Waals surface area contributed by atoms with Crippen LogP contribution in [0, 0.1) is 11.3 Å². The van der Waals surface area contributed by atoms with Gasteiger partial charge in [0.1, 0.15) is 5.82 Å². The Labute approximate surface area is 94.5 Å². The van der Waals surface area contributed by atoms with E-state index in [1.807, 2.05) is 30.8 Å². The molecule has 0 atom stereocenters. The minimum atomic E-state index is 0.677. The van der Waals surface area contributed by atoms with Gasteiger partial charge in [0.05, 0.1) is 22.7 Å². The molecule has 0 radical (unpaired) electrons. The molecule has 1 aromatic heterocycles. The number of aryl methyl sites for hydroxylation is 1. The van der Waals surface area contributed by atoms with Gasteiger partial charge in [0.25, 0.3) is 0 Å². The molecule has 1 aromatic carbocycles. The molecule has 1 N–H and O–H groups in total. The highest BCUT2D eigenvalue weighted by Crippen LogP contribution is 2.16. The van der Waals surface area contributed by atoms with Crippen molar-refractivity contribution in [3.05, 3.63) is 29.6 Å². The third-order valence-electron chi connectivity index (χ3n) is 2.70. The molecule has 2 rings (SSSR count). The summed E-state index contributed by atoms with van der Waals surface area (Å²) in [6, 6.07) is 7.73. The average molecular weight is 214 g/mol. The van der Waals surface area contributed by atoms with Crippen LogP contribution in [-0.4, -0.2) is 23.1 Å². The van der Waals surface area contributed by atoms with Crippen LogP contribution in [0.25, 0.3) is 11.0 Å². The summed E-state index contributed by atoms with van der Waals surface area (Å²) in [5, 5.41) is 12.0. The Morgan fingerprint density at radius 2 is 2.31 bits per heavy atom. The number of hydrogen-bond acceptors (Lipinski definition) is 3. The lowest BCUT2D eigenvalue weighted by atomic mass is 10.2. The highest BCUT2D eigenvalue weighted by molar-refractivity contribution is 5.77. The number of nitrogens with zero attached hydrogens (tertiary/aromatic N) is 3. The fourth-order valence-electron chi connectivity index (χ4n) is 1.77. The molecule has 1 heterocycles. The maximum Gasteiger partial charge on any atom is 0.110 e. The molecule has 16 heavy (non-hydrogen) atoms. The van der Waals surface area contributed by atoms with Crippen molar-refractivity contribution >= 4 is 11.0 Å². The van der Waals surface area contributed by atoms with Crippen LogP contribution in [0.15, 0.2) is 18.2 Å². The Morgan fingerprint density at radius 1 is 1.50 bits per heavy atom. The van der Waals surface area contributed by atoms with Crippen LogP contribution in [-0.2, 0) is 13.5 Å². The molecule has 82 valence electrons. The smallest absolute Gasteiger partial charge is 0.110 e. The summed E-state index contributed by atoms with van der Waals surface area (Å²) < 4.78 is 2.05. The first-order valence-corrected chi connectivity index (χ1v) is 5.26. The van der Waals surface area contributed by atoms with Crippen molar-refractivity contribution in [2.45, 2.75) is 6.42 Å². The first-order chi connectivity index (χ1) is 7.76. The fraction of sp³-hybridized carbons (Fsp3) is 0.333. The van der Waals surface area contributed by atoms with E-state index in [-0.39, 0.29) is 0 Å². The van der Waals surface area contributed by atoms with E-state index in [1.165, 1.54) is 0 Å². The minimum Gasteiger partial charge on any atom is -0.331 e. The lowest BCUT2D eigenvalue weighted by molar-refractivity contribution is 0.726. The zero-order chi connectivity index (χ0) is 11.5. The van der Waals surface area contributed by atoms with Gasteiger partial charge < -0.3 is 9.88 Å². The fourth-order valence-corrected chi connectivity index (χ4v) is 1.77. The van der Waals surface area contributed by atoms with Gasteiger partial charge >= 0.3 is 0 Å². The molecule has 0 aliphatic carbocycles. The molecule has 0 fully saturated rings. The van der Waals surface area contributed by atoms with Gasteiger partial charge in [-0.1, -0.05) is 0 Å². The monoisotopic (exact) mass is 214 g/mol. The number of likely N-dealkylation sites (N-methyl/N-ethyl adjacent to an activating group) is 1. The maximum atomic E-state index is 8.85. The Bertz CT molecular complexity index is 548. The number of fused-ring (bicyclic) bond motifs is 1. The van der Waals surface area contributed by atoms with E-state index in [0.717, 1.165) is 29.8 Å². The van der Waals surface area contributed by atoms with Gasteiger partial charge in [-0.3, -0.25) is 0 Å². The molecule has 0 unspecified atom stereocenters. The van der Waals surface area contributed by atoms with E-state index >= 15 is 0 Å². The van der Waals surface area contributed by atoms with Crippen LogP contribution in [0.4, 0.5) is 0 Å². The van der Waals surface area contributed by atoms with Crippen LogP contribution in [0.3, 0.4) is 0 Å². The highest BCUT2D eigenvalue weighted by atomic mass is 15.1. The van der Waals surface area contributed by atoms with E-state index in [9.17, 15) is 0 Å². The first kappa shape index (κ1) is 10.7. The van der Waals surface area contributed by atoms with Crippen LogP contribution < -0.4 is 5.32 Å².